The fourth-order valence-corrected chi connectivity index (χ4v) is 7.03. The number of fused-ring (bicyclic) bond motifs is 1. The molecule has 1 saturated heterocycles. The number of nitrogens with zero attached hydrogens (tertiary/aromatic N) is 3. The number of methoxy groups -OCH3 is 1. The Balaban J connectivity index is 1.38. The van der Waals surface area contributed by atoms with Crippen LogP contribution in [0.3, 0.4) is 0 Å². The zero-order valence-corrected chi connectivity index (χ0v) is 21.8. The lowest BCUT2D eigenvalue weighted by Gasteiger charge is -2.33. The van der Waals surface area contributed by atoms with Gasteiger partial charge >= 0.3 is 0 Å². The zero-order chi connectivity index (χ0) is 26.0. The first kappa shape index (κ1) is 25.3. The molecule has 0 bridgehead atoms. The number of hydrogen-bond acceptors (Lipinski definition) is 6. The minimum Gasteiger partial charge on any atom is -0.497 e. The summed E-state index contributed by atoms with van der Waals surface area (Å²) in [5.74, 6) is -0.538. The molecule has 5 rings (SSSR count). The summed E-state index contributed by atoms with van der Waals surface area (Å²) in [4.78, 5) is 19.9. The topological polar surface area (TPSA) is 79.8 Å². The molecule has 10 heteroatoms. The van der Waals surface area contributed by atoms with Crippen LogP contribution in [-0.2, 0) is 21.4 Å². The molecular formula is C27H26FN3O4S2. The predicted octanol–water partition coefficient (Wildman–Crippen LogP) is 5.08. The molecule has 37 heavy (non-hydrogen) atoms. The van der Waals surface area contributed by atoms with Crippen molar-refractivity contribution in [3.05, 3.63) is 84.2 Å². The lowest BCUT2D eigenvalue weighted by Crippen LogP contribution is -2.44. The third kappa shape index (κ3) is 5.22. The Labute approximate surface area is 219 Å². The Morgan fingerprint density at radius 1 is 1.08 bits per heavy atom. The number of sulfonamides is 1. The highest BCUT2D eigenvalue weighted by Gasteiger charge is 2.36. The van der Waals surface area contributed by atoms with Crippen molar-refractivity contribution < 1.29 is 22.3 Å². The maximum atomic E-state index is 14.2. The van der Waals surface area contributed by atoms with E-state index < -0.39 is 15.8 Å². The maximum Gasteiger partial charge on any atom is 0.245 e. The summed E-state index contributed by atoms with van der Waals surface area (Å²) >= 11 is 1.42. The molecule has 1 aliphatic rings. The van der Waals surface area contributed by atoms with E-state index >= 15 is 0 Å². The monoisotopic (exact) mass is 539 g/mol. The van der Waals surface area contributed by atoms with Crippen molar-refractivity contribution >= 4 is 42.6 Å². The van der Waals surface area contributed by atoms with Crippen LogP contribution in [0.2, 0.25) is 0 Å². The van der Waals surface area contributed by atoms with Crippen molar-refractivity contribution in [2.75, 3.05) is 25.1 Å². The van der Waals surface area contributed by atoms with E-state index in [-0.39, 0.29) is 29.8 Å². The largest absolute Gasteiger partial charge is 0.497 e. The molecule has 1 amide bonds. The lowest BCUT2D eigenvalue weighted by atomic mass is 9.96. The standard InChI is InChI=1S/C27H26FN3O4S2/c1-35-21-11-12-23-24(17-21)36-27(29-23)31(18-19-7-3-2-4-8-19)26(32)20-13-15-30(16-14-20)37(33,34)25-10-6-5-9-22(25)28/h2-12,17,20H,13-16,18H2,1H3. The molecule has 1 aliphatic heterocycles. The number of piperidine rings is 1. The molecule has 0 spiro atoms. The van der Waals surface area contributed by atoms with Gasteiger partial charge < -0.3 is 4.74 Å². The first-order valence-electron chi connectivity index (χ1n) is 11.9. The van der Waals surface area contributed by atoms with Crippen LogP contribution < -0.4 is 9.64 Å². The van der Waals surface area contributed by atoms with E-state index in [1.54, 1.807) is 12.0 Å². The number of carbonyl (C=O) groups is 1. The maximum absolute atomic E-state index is 14.2. The smallest absolute Gasteiger partial charge is 0.245 e. The number of aromatic nitrogens is 1. The molecule has 2 heterocycles. The van der Waals surface area contributed by atoms with Gasteiger partial charge in [-0.2, -0.15) is 4.31 Å². The Morgan fingerprint density at radius 2 is 1.78 bits per heavy atom. The number of carbonyl (C=O) groups excluding carboxylic acids is 1. The quantitative estimate of drug-likeness (QED) is 0.327. The molecule has 0 unspecified atom stereocenters. The van der Waals surface area contributed by atoms with Crippen LogP contribution in [0.1, 0.15) is 18.4 Å². The molecule has 1 fully saturated rings. The first-order chi connectivity index (χ1) is 17.9. The average Bonchev–Trinajstić information content (AvgIpc) is 3.35. The highest BCUT2D eigenvalue weighted by atomic mass is 32.2. The second kappa shape index (κ2) is 10.6. The van der Waals surface area contributed by atoms with Gasteiger partial charge in [0.25, 0.3) is 0 Å². The van der Waals surface area contributed by atoms with Crippen molar-refractivity contribution in [2.24, 2.45) is 5.92 Å². The fraction of sp³-hybridized carbons (Fsp3) is 0.259. The van der Waals surface area contributed by atoms with E-state index in [4.69, 9.17) is 9.72 Å². The van der Waals surface area contributed by atoms with E-state index in [1.807, 2.05) is 48.5 Å². The number of anilines is 1. The van der Waals surface area contributed by atoms with Gasteiger partial charge in [-0.15, -0.1) is 0 Å². The van der Waals surface area contributed by atoms with Crippen LogP contribution in [0, 0.1) is 11.7 Å². The van der Waals surface area contributed by atoms with Crippen LogP contribution in [0.4, 0.5) is 9.52 Å². The van der Waals surface area contributed by atoms with E-state index in [1.165, 1.54) is 33.8 Å². The predicted molar refractivity (Wildman–Crippen MR) is 142 cm³/mol. The minimum absolute atomic E-state index is 0.0992. The molecule has 0 saturated carbocycles. The second-order valence-electron chi connectivity index (χ2n) is 8.85. The van der Waals surface area contributed by atoms with Crippen LogP contribution >= 0.6 is 11.3 Å². The molecule has 1 aromatic heterocycles. The molecule has 0 N–H and O–H groups in total. The molecule has 0 radical (unpaired) electrons. The minimum atomic E-state index is -3.98. The molecule has 0 aliphatic carbocycles. The van der Waals surface area contributed by atoms with Crippen molar-refractivity contribution in [1.29, 1.82) is 0 Å². The van der Waals surface area contributed by atoms with E-state index in [9.17, 15) is 17.6 Å². The number of ether oxygens (including phenoxy) is 1. The summed E-state index contributed by atoms with van der Waals surface area (Å²) in [6, 6.07) is 20.6. The van der Waals surface area contributed by atoms with Crippen LogP contribution in [0.25, 0.3) is 10.2 Å². The van der Waals surface area contributed by atoms with Crippen molar-refractivity contribution in [3.63, 3.8) is 0 Å². The van der Waals surface area contributed by atoms with Gasteiger partial charge in [-0.05, 0) is 48.7 Å². The van der Waals surface area contributed by atoms with Gasteiger partial charge in [0.1, 0.15) is 16.5 Å². The fourth-order valence-electron chi connectivity index (χ4n) is 4.50. The number of benzene rings is 3. The lowest BCUT2D eigenvalue weighted by molar-refractivity contribution is -0.123. The summed E-state index contributed by atoms with van der Waals surface area (Å²) < 4.78 is 47.7. The Bertz CT molecular complexity index is 1520. The van der Waals surface area contributed by atoms with Gasteiger partial charge in [0.15, 0.2) is 5.13 Å². The Kier molecular flexibility index (Phi) is 7.23. The summed E-state index contributed by atoms with van der Waals surface area (Å²) in [7, 11) is -2.37. The number of amides is 1. The first-order valence-corrected chi connectivity index (χ1v) is 14.2. The second-order valence-corrected chi connectivity index (χ2v) is 11.8. The van der Waals surface area contributed by atoms with Crippen LogP contribution in [-0.4, -0.2) is 43.8 Å². The highest BCUT2D eigenvalue weighted by molar-refractivity contribution is 7.89. The van der Waals surface area contributed by atoms with Gasteiger partial charge in [-0.1, -0.05) is 53.8 Å². The van der Waals surface area contributed by atoms with Gasteiger partial charge in [0.2, 0.25) is 15.9 Å². The SMILES string of the molecule is COc1ccc2nc(N(Cc3ccccc3)C(=O)C3CCN(S(=O)(=O)c4ccccc4F)CC3)sc2c1. The normalized spacial score (nSPS) is 15.1. The van der Waals surface area contributed by atoms with E-state index in [0.29, 0.717) is 30.3 Å². The van der Waals surface area contributed by atoms with Crippen molar-refractivity contribution in [1.82, 2.24) is 9.29 Å². The van der Waals surface area contributed by atoms with Gasteiger partial charge in [0, 0.05) is 19.0 Å². The zero-order valence-electron chi connectivity index (χ0n) is 20.2. The highest BCUT2D eigenvalue weighted by Crippen LogP contribution is 2.34. The summed E-state index contributed by atoms with van der Waals surface area (Å²) in [6.07, 6.45) is 0.688. The van der Waals surface area contributed by atoms with Crippen molar-refractivity contribution in [2.45, 2.75) is 24.3 Å². The van der Waals surface area contributed by atoms with E-state index in [0.717, 1.165) is 21.8 Å². The Hall–Kier alpha value is -3.34. The molecular weight excluding hydrogens is 513 g/mol. The molecule has 192 valence electrons. The van der Waals surface area contributed by atoms with Gasteiger partial charge in [-0.25, -0.2) is 17.8 Å². The number of thiazole rings is 1. The van der Waals surface area contributed by atoms with Gasteiger partial charge in [-0.3, -0.25) is 9.69 Å². The van der Waals surface area contributed by atoms with E-state index in [2.05, 4.69) is 0 Å². The van der Waals surface area contributed by atoms with Gasteiger partial charge in [0.05, 0.1) is 23.9 Å². The summed E-state index contributed by atoms with van der Waals surface area (Å²) in [6.45, 7) is 0.636. The van der Waals surface area contributed by atoms with Crippen LogP contribution in [0.5, 0.6) is 5.75 Å². The number of hydrogen-bond donors (Lipinski definition) is 0. The molecule has 7 nitrogen and oxygen atoms in total. The molecule has 0 atom stereocenters. The van der Waals surface area contributed by atoms with Crippen LogP contribution in [0.15, 0.2) is 77.7 Å². The average molecular weight is 540 g/mol. The number of halogens is 1. The third-order valence-electron chi connectivity index (χ3n) is 6.52. The van der Waals surface area contributed by atoms with Crippen molar-refractivity contribution in [3.8, 4) is 5.75 Å². The Morgan fingerprint density at radius 3 is 2.49 bits per heavy atom. The molecule has 3 aromatic carbocycles. The summed E-state index contributed by atoms with van der Waals surface area (Å²) in [5, 5.41) is 0.582. The summed E-state index contributed by atoms with van der Waals surface area (Å²) in [5.41, 5.74) is 1.74. The third-order valence-corrected chi connectivity index (χ3v) is 9.50. The number of rotatable bonds is 7. The molecule has 4 aromatic rings.